The number of carbonyl (C=O) groups is 1. The third-order valence-corrected chi connectivity index (χ3v) is 5.56. The molecule has 4 rings (SSSR count). The van der Waals surface area contributed by atoms with Gasteiger partial charge in [-0.15, -0.1) is 0 Å². The summed E-state index contributed by atoms with van der Waals surface area (Å²) < 4.78 is 27.5. The third kappa shape index (κ3) is 3.81. The van der Waals surface area contributed by atoms with Crippen LogP contribution in [0.2, 0.25) is 0 Å². The summed E-state index contributed by atoms with van der Waals surface area (Å²) in [7, 11) is 1.57. The summed E-state index contributed by atoms with van der Waals surface area (Å²) in [5, 5.41) is 2.61. The number of hydrogen-bond acceptors (Lipinski definition) is 4. The molecule has 0 spiro atoms. The largest absolute Gasteiger partial charge is 0.359 e. The highest BCUT2D eigenvalue weighted by molar-refractivity contribution is 5.76. The normalized spacial score (nSPS) is 30.0. The van der Waals surface area contributed by atoms with Crippen LogP contribution in [-0.2, 0) is 20.8 Å². The maximum atomic E-state index is 15.5. The highest BCUT2D eigenvalue weighted by Crippen LogP contribution is 2.39. The van der Waals surface area contributed by atoms with E-state index in [-0.39, 0.29) is 18.4 Å². The van der Waals surface area contributed by atoms with Crippen LogP contribution in [0.25, 0.3) is 0 Å². The van der Waals surface area contributed by atoms with E-state index < -0.39 is 24.6 Å². The maximum Gasteiger partial charge on any atom is 0.221 e. The molecule has 6 heteroatoms. The highest BCUT2D eigenvalue weighted by atomic mass is 19.1. The lowest BCUT2D eigenvalue weighted by Gasteiger charge is -2.36. The minimum atomic E-state index is -1.26. The van der Waals surface area contributed by atoms with Crippen molar-refractivity contribution >= 4 is 5.91 Å². The van der Waals surface area contributed by atoms with Gasteiger partial charge in [-0.1, -0.05) is 60.7 Å². The predicted octanol–water partition coefficient (Wildman–Crippen LogP) is 2.83. The topological polar surface area (TPSA) is 50.8 Å². The lowest BCUT2D eigenvalue weighted by molar-refractivity contribution is -0.237. The van der Waals surface area contributed by atoms with E-state index in [1.807, 2.05) is 65.6 Å². The first-order chi connectivity index (χ1) is 13.7. The van der Waals surface area contributed by atoms with Gasteiger partial charge in [0.05, 0.1) is 18.7 Å². The molecule has 2 fully saturated rings. The molecule has 1 N–H and O–H groups in total. The molecule has 1 unspecified atom stereocenters. The second kappa shape index (κ2) is 8.39. The third-order valence-electron chi connectivity index (χ3n) is 5.56. The first kappa shape index (κ1) is 19.1. The van der Waals surface area contributed by atoms with Crippen LogP contribution in [0.1, 0.15) is 23.8 Å². The summed E-state index contributed by atoms with van der Waals surface area (Å²) >= 11 is 0. The van der Waals surface area contributed by atoms with Crippen molar-refractivity contribution < 1.29 is 18.7 Å². The van der Waals surface area contributed by atoms with Crippen molar-refractivity contribution in [3.63, 3.8) is 0 Å². The van der Waals surface area contributed by atoms with Crippen LogP contribution in [0.15, 0.2) is 60.7 Å². The van der Waals surface area contributed by atoms with Gasteiger partial charge in [0.25, 0.3) is 0 Å². The minimum Gasteiger partial charge on any atom is -0.359 e. The Morgan fingerprint density at radius 3 is 2.50 bits per heavy atom. The Balaban J connectivity index is 1.57. The highest BCUT2D eigenvalue weighted by Gasteiger charge is 2.53. The van der Waals surface area contributed by atoms with E-state index in [0.29, 0.717) is 13.2 Å². The number of likely N-dealkylation sites (tertiary alicyclic amines) is 1. The zero-order valence-electron chi connectivity index (χ0n) is 15.8. The Labute approximate surface area is 164 Å². The van der Waals surface area contributed by atoms with E-state index in [1.165, 1.54) is 0 Å². The molecule has 2 aliphatic heterocycles. The van der Waals surface area contributed by atoms with E-state index in [2.05, 4.69) is 5.32 Å². The molecule has 1 amide bonds. The van der Waals surface area contributed by atoms with Crippen LogP contribution in [0.5, 0.6) is 0 Å². The number of alkyl halides is 1. The average molecular weight is 384 g/mol. The molecule has 2 aromatic rings. The number of nitrogens with zero attached hydrogens (tertiary/aromatic N) is 1. The number of rotatable bonds is 5. The van der Waals surface area contributed by atoms with Gasteiger partial charge in [-0.05, 0) is 5.56 Å². The molecule has 2 aliphatic rings. The molecule has 5 nitrogen and oxygen atoms in total. The quantitative estimate of drug-likeness (QED) is 0.861. The van der Waals surface area contributed by atoms with E-state index in [4.69, 9.17) is 9.47 Å². The minimum absolute atomic E-state index is 0.0941. The molecule has 0 aliphatic carbocycles. The standard InChI is InChI=1S/C22H25FN2O3/c1-24-19(26)12-17-20(23)21-18(25(17)13-15-8-4-2-5-9-15)14-27-22(28-21)16-10-6-3-7-11-16/h2-11,17-18,20-22H,12-14H2,1H3,(H,24,26)/t17-,18-,20-,21-,22?/m1/s1. The first-order valence-corrected chi connectivity index (χ1v) is 9.63. The van der Waals surface area contributed by atoms with Crippen LogP contribution in [-0.4, -0.2) is 48.8 Å². The van der Waals surface area contributed by atoms with Crippen molar-refractivity contribution in [2.75, 3.05) is 13.7 Å². The molecule has 5 atom stereocenters. The fraction of sp³-hybridized carbons (Fsp3) is 0.409. The van der Waals surface area contributed by atoms with Gasteiger partial charge in [-0.2, -0.15) is 0 Å². The maximum absolute atomic E-state index is 15.5. The van der Waals surface area contributed by atoms with E-state index in [1.54, 1.807) is 7.05 Å². The molecule has 2 aromatic carbocycles. The molecule has 2 saturated heterocycles. The Morgan fingerprint density at radius 2 is 1.82 bits per heavy atom. The van der Waals surface area contributed by atoms with Gasteiger partial charge in [-0.25, -0.2) is 4.39 Å². The summed E-state index contributed by atoms with van der Waals surface area (Å²) in [4.78, 5) is 14.1. The fourth-order valence-electron chi connectivity index (χ4n) is 4.11. The fourth-order valence-corrected chi connectivity index (χ4v) is 4.11. The van der Waals surface area contributed by atoms with Crippen LogP contribution in [0.3, 0.4) is 0 Å². The van der Waals surface area contributed by atoms with Gasteiger partial charge in [0.1, 0.15) is 12.3 Å². The number of halogens is 1. The summed E-state index contributed by atoms with van der Waals surface area (Å²) in [5.74, 6) is -0.176. The zero-order valence-corrected chi connectivity index (χ0v) is 15.8. The molecule has 2 heterocycles. The van der Waals surface area contributed by atoms with Crippen molar-refractivity contribution in [3.05, 3.63) is 71.8 Å². The SMILES string of the molecule is CNC(=O)C[C@@H]1[C@@H](F)[C@@H]2OC(c3ccccc3)OC[C@H]2N1Cc1ccccc1. The van der Waals surface area contributed by atoms with Crippen molar-refractivity contribution in [1.29, 1.82) is 0 Å². The van der Waals surface area contributed by atoms with Crippen molar-refractivity contribution in [2.45, 2.75) is 43.6 Å². The van der Waals surface area contributed by atoms with Gasteiger partial charge < -0.3 is 14.8 Å². The summed E-state index contributed by atoms with van der Waals surface area (Å²) in [6.45, 7) is 0.911. The van der Waals surface area contributed by atoms with Crippen molar-refractivity contribution in [3.8, 4) is 0 Å². The van der Waals surface area contributed by atoms with Crippen molar-refractivity contribution in [2.24, 2.45) is 0 Å². The number of amides is 1. The van der Waals surface area contributed by atoms with Gasteiger partial charge in [-0.3, -0.25) is 9.69 Å². The van der Waals surface area contributed by atoms with E-state index >= 15 is 4.39 Å². The lowest BCUT2D eigenvalue weighted by Crippen LogP contribution is -2.46. The Hall–Kier alpha value is -2.28. The molecule has 148 valence electrons. The molecule has 0 radical (unpaired) electrons. The number of benzene rings is 2. The molecule has 28 heavy (non-hydrogen) atoms. The van der Waals surface area contributed by atoms with E-state index in [0.717, 1.165) is 11.1 Å². The lowest BCUT2D eigenvalue weighted by atomic mass is 10.1. The molecule has 0 aromatic heterocycles. The number of hydrogen-bond donors (Lipinski definition) is 1. The average Bonchev–Trinajstić information content (AvgIpc) is 3.00. The predicted molar refractivity (Wildman–Crippen MR) is 103 cm³/mol. The molecule has 0 saturated carbocycles. The van der Waals surface area contributed by atoms with Crippen molar-refractivity contribution in [1.82, 2.24) is 10.2 Å². The Kier molecular flexibility index (Phi) is 5.71. The Bertz CT molecular complexity index is 789. The summed E-state index contributed by atoms with van der Waals surface area (Å²) in [6.07, 6.45) is -2.38. The molecular formula is C22H25FN2O3. The zero-order chi connectivity index (χ0) is 19.5. The van der Waals surface area contributed by atoms with Crippen LogP contribution in [0, 0.1) is 0 Å². The second-order valence-corrected chi connectivity index (χ2v) is 7.29. The summed E-state index contributed by atoms with van der Waals surface area (Å²) in [5.41, 5.74) is 1.94. The van der Waals surface area contributed by atoms with Gasteiger partial charge in [0.2, 0.25) is 5.91 Å². The summed E-state index contributed by atoms with van der Waals surface area (Å²) in [6, 6.07) is 18.7. The second-order valence-electron chi connectivity index (χ2n) is 7.29. The van der Waals surface area contributed by atoms with E-state index in [9.17, 15) is 4.79 Å². The van der Waals surface area contributed by atoms with Gasteiger partial charge in [0, 0.05) is 25.6 Å². The Morgan fingerprint density at radius 1 is 1.14 bits per heavy atom. The van der Waals surface area contributed by atoms with Gasteiger partial charge >= 0.3 is 0 Å². The van der Waals surface area contributed by atoms with Crippen LogP contribution >= 0.6 is 0 Å². The van der Waals surface area contributed by atoms with Gasteiger partial charge in [0.15, 0.2) is 6.29 Å². The smallest absolute Gasteiger partial charge is 0.221 e. The van der Waals surface area contributed by atoms with Crippen LogP contribution < -0.4 is 5.32 Å². The number of carbonyl (C=O) groups excluding carboxylic acids is 1. The molecular weight excluding hydrogens is 359 g/mol. The molecule has 0 bridgehead atoms. The first-order valence-electron chi connectivity index (χ1n) is 9.63. The number of ether oxygens (including phenoxy) is 2. The number of fused-ring (bicyclic) bond motifs is 1. The van der Waals surface area contributed by atoms with Crippen LogP contribution in [0.4, 0.5) is 4.39 Å². The number of nitrogens with one attached hydrogen (secondary N) is 1. The monoisotopic (exact) mass is 384 g/mol.